The van der Waals surface area contributed by atoms with Gasteiger partial charge < -0.3 is 21.4 Å². The zero-order valence-electron chi connectivity index (χ0n) is 17.7. The van der Waals surface area contributed by atoms with E-state index in [1.54, 1.807) is 12.4 Å². The molecule has 0 unspecified atom stereocenters. The number of imidazole rings is 1. The van der Waals surface area contributed by atoms with Gasteiger partial charge >= 0.3 is 5.69 Å². The fourth-order valence-electron chi connectivity index (χ4n) is 3.36. The molecule has 0 atom stereocenters. The highest BCUT2D eigenvalue weighted by Gasteiger charge is 2.15. The van der Waals surface area contributed by atoms with E-state index < -0.39 is 4.92 Å². The third kappa shape index (κ3) is 5.01. The number of aromatic nitrogens is 4. The van der Waals surface area contributed by atoms with Gasteiger partial charge in [0.15, 0.2) is 0 Å². The zero-order chi connectivity index (χ0) is 23.4. The number of nitrogen functional groups attached to an aromatic ring is 1. The minimum absolute atomic E-state index is 0.129. The second-order valence-corrected chi connectivity index (χ2v) is 7.64. The molecule has 11 heteroatoms. The van der Waals surface area contributed by atoms with Crippen molar-refractivity contribution >= 4 is 34.7 Å². The van der Waals surface area contributed by atoms with E-state index >= 15 is 0 Å². The molecule has 0 fully saturated rings. The van der Waals surface area contributed by atoms with E-state index in [1.165, 1.54) is 12.1 Å². The van der Waals surface area contributed by atoms with E-state index in [0.717, 1.165) is 28.2 Å². The predicted octanol–water partition coefficient (Wildman–Crippen LogP) is 4.51. The molecule has 0 spiro atoms. The van der Waals surface area contributed by atoms with Crippen LogP contribution in [0.2, 0.25) is 5.02 Å². The average molecular weight is 465 g/mol. The van der Waals surface area contributed by atoms with E-state index in [-0.39, 0.29) is 11.5 Å². The monoisotopic (exact) mass is 464 g/mol. The number of nitrogens with zero attached hydrogens (tertiary/aromatic N) is 4. The molecular weight excluding hydrogens is 444 g/mol. The number of nitro groups is 1. The Hall–Kier alpha value is -4.18. The van der Waals surface area contributed by atoms with Gasteiger partial charge in [-0.25, -0.2) is 15.0 Å². The van der Waals surface area contributed by atoms with Crippen molar-refractivity contribution in [1.82, 2.24) is 19.9 Å². The molecule has 0 amide bonds. The summed E-state index contributed by atoms with van der Waals surface area (Å²) in [6.45, 7) is 3.02. The number of H-pyrrole nitrogens is 1. The minimum Gasteiger partial charge on any atom is -0.378 e. The molecule has 0 aliphatic rings. The van der Waals surface area contributed by atoms with Crippen LogP contribution in [0.4, 0.5) is 23.1 Å². The Morgan fingerprint density at radius 1 is 1.06 bits per heavy atom. The van der Waals surface area contributed by atoms with Gasteiger partial charge in [-0.1, -0.05) is 17.7 Å². The Kier molecular flexibility index (Phi) is 6.36. The number of hydrogen-bond donors (Lipinski definition) is 4. The number of benzene rings is 1. The summed E-state index contributed by atoms with van der Waals surface area (Å²) in [5.74, 6) is 1.74. The summed E-state index contributed by atoms with van der Waals surface area (Å²) in [4.78, 5) is 26.6. The van der Waals surface area contributed by atoms with Crippen LogP contribution < -0.4 is 16.4 Å². The van der Waals surface area contributed by atoms with Crippen LogP contribution in [-0.4, -0.2) is 37.9 Å². The van der Waals surface area contributed by atoms with Crippen molar-refractivity contribution in [2.75, 3.05) is 29.5 Å². The lowest BCUT2D eigenvalue weighted by atomic mass is 10.0. The van der Waals surface area contributed by atoms with Crippen LogP contribution in [0.5, 0.6) is 0 Å². The quantitative estimate of drug-likeness (QED) is 0.169. The van der Waals surface area contributed by atoms with E-state index in [0.29, 0.717) is 29.7 Å². The molecule has 1 aromatic carbocycles. The van der Waals surface area contributed by atoms with Gasteiger partial charge in [0.25, 0.3) is 0 Å². The molecular formula is C22H21ClN8O2. The summed E-state index contributed by atoms with van der Waals surface area (Å²) in [7, 11) is 0. The van der Waals surface area contributed by atoms with Gasteiger partial charge in [-0.15, -0.1) is 0 Å². The first-order valence-corrected chi connectivity index (χ1v) is 10.5. The molecule has 0 aliphatic carbocycles. The molecule has 168 valence electrons. The molecule has 0 aliphatic heterocycles. The fraction of sp³-hybridized carbons (Fsp3) is 0.136. The number of nitrogens with one attached hydrogen (secondary N) is 3. The summed E-state index contributed by atoms with van der Waals surface area (Å²) in [6, 6.07) is 12.4. The molecule has 3 heterocycles. The third-order valence-corrected chi connectivity index (χ3v) is 5.16. The SMILES string of the molecule is Cc1cc(Cl)ccc1-c1nc(NCCNc2ccc([N+](=O)[O-])c(N)n2)ccc1-c1ncc[nH]1. The molecule has 0 saturated carbocycles. The Bertz CT molecular complexity index is 1290. The summed E-state index contributed by atoms with van der Waals surface area (Å²) >= 11 is 6.14. The summed E-state index contributed by atoms with van der Waals surface area (Å²) in [5, 5.41) is 17.9. The van der Waals surface area contributed by atoms with E-state index in [9.17, 15) is 10.1 Å². The number of pyridine rings is 2. The summed E-state index contributed by atoms with van der Waals surface area (Å²) in [6.07, 6.45) is 3.47. The van der Waals surface area contributed by atoms with E-state index in [1.807, 2.05) is 37.3 Å². The van der Waals surface area contributed by atoms with Gasteiger partial charge in [0.2, 0.25) is 5.82 Å². The minimum atomic E-state index is -0.564. The summed E-state index contributed by atoms with van der Waals surface area (Å²) in [5.41, 5.74) is 9.03. The summed E-state index contributed by atoms with van der Waals surface area (Å²) < 4.78 is 0. The van der Waals surface area contributed by atoms with Crippen LogP contribution in [0.25, 0.3) is 22.6 Å². The van der Waals surface area contributed by atoms with Crippen molar-refractivity contribution in [1.29, 1.82) is 0 Å². The Balaban J connectivity index is 1.49. The third-order valence-electron chi connectivity index (χ3n) is 4.93. The lowest BCUT2D eigenvalue weighted by Gasteiger charge is -2.14. The van der Waals surface area contributed by atoms with Gasteiger partial charge in [-0.3, -0.25) is 10.1 Å². The van der Waals surface area contributed by atoms with Crippen LogP contribution in [-0.2, 0) is 0 Å². The number of hydrogen-bond acceptors (Lipinski definition) is 8. The maximum absolute atomic E-state index is 10.9. The lowest BCUT2D eigenvalue weighted by molar-refractivity contribution is -0.384. The largest absolute Gasteiger partial charge is 0.378 e. The number of rotatable bonds is 8. The van der Waals surface area contributed by atoms with Crippen molar-refractivity contribution in [3.8, 4) is 22.6 Å². The van der Waals surface area contributed by atoms with Gasteiger partial charge in [0.05, 0.1) is 10.6 Å². The van der Waals surface area contributed by atoms with Crippen LogP contribution in [0.1, 0.15) is 5.56 Å². The molecule has 4 rings (SSSR count). The molecule has 5 N–H and O–H groups in total. The first-order chi connectivity index (χ1) is 15.9. The molecule has 3 aromatic heterocycles. The van der Waals surface area contributed by atoms with Crippen molar-refractivity contribution < 1.29 is 4.92 Å². The molecule has 4 aromatic rings. The first kappa shape index (κ1) is 22.0. The smallest absolute Gasteiger partial charge is 0.311 e. The number of nitrogens with two attached hydrogens (primary N) is 1. The average Bonchev–Trinajstić information content (AvgIpc) is 3.31. The van der Waals surface area contributed by atoms with Crippen LogP contribution >= 0.6 is 11.6 Å². The number of halogens is 1. The maximum atomic E-state index is 10.9. The van der Waals surface area contributed by atoms with Gasteiger partial charge in [0, 0.05) is 47.7 Å². The van der Waals surface area contributed by atoms with Crippen molar-refractivity contribution in [2.45, 2.75) is 6.92 Å². The van der Waals surface area contributed by atoms with Gasteiger partial charge in [0.1, 0.15) is 17.5 Å². The number of anilines is 3. The van der Waals surface area contributed by atoms with Gasteiger partial charge in [-0.2, -0.15) is 0 Å². The standard InChI is InChI=1S/C22H21ClN8O2/c1-13-12-14(23)2-3-15(13)20-16(22-27-10-11-28-22)4-6-18(29-20)25-8-9-26-19-7-5-17(31(32)33)21(24)30-19/h2-7,10-12H,8-9H2,1H3,(H,25,29)(H,27,28)(H3,24,26,30). The van der Waals surface area contributed by atoms with Gasteiger partial charge in [-0.05, 0) is 42.8 Å². The highest BCUT2D eigenvalue weighted by molar-refractivity contribution is 6.30. The fourth-order valence-corrected chi connectivity index (χ4v) is 3.59. The van der Waals surface area contributed by atoms with Crippen LogP contribution in [0.3, 0.4) is 0 Å². The lowest BCUT2D eigenvalue weighted by Crippen LogP contribution is -2.15. The van der Waals surface area contributed by atoms with E-state index in [4.69, 9.17) is 22.3 Å². The van der Waals surface area contributed by atoms with E-state index in [2.05, 4.69) is 25.6 Å². The highest BCUT2D eigenvalue weighted by atomic mass is 35.5. The Morgan fingerprint density at radius 3 is 2.39 bits per heavy atom. The topological polar surface area (TPSA) is 148 Å². The molecule has 0 saturated heterocycles. The first-order valence-electron chi connectivity index (χ1n) is 10.1. The molecule has 33 heavy (non-hydrogen) atoms. The maximum Gasteiger partial charge on any atom is 0.311 e. The number of aryl methyl sites for hydroxylation is 1. The van der Waals surface area contributed by atoms with Crippen LogP contribution in [0, 0.1) is 17.0 Å². The normalized spacial score (nSPS) is 10.7. The second kappa shape index (κ2) is 9.53. The highest BCUT2D eigenvalue weighted by Crippen LogP contribution is 2.33. The van der Waals surface area contributed by atoms with Crippen molar-refractivity contribution in [3.63, 3.8) is 0 Å². The van der Waals surface area contributed by atoms with Crippen LogP contribution in [0.15, 0.2) is 54.9 Å². The molecule has 0 bridgehead atoms. The van der Waals surface area contributed by atoms with Crippen molar-refractivity contribution in [3.05, 3.63) is 75.6 Å². The number of aromatic amines is 1. The molecule has 0 radical (unpaired) electrons. The molecule has 10 nitrogen and oxygen atoms in total. The van der Waals surface area contributed by atoms with Crippen molar-refractivity contribution in [2.24, 2.45) is 0 Å². The predicted molar refractivity (Wildman–Crippen MR) is 129 cm³/mol. The Labute approximate surface area is 194 Å². The second-order valence-electron chi connectivity index (χ2n) is 7.20. The Morgan fingerprint density at radius 2 is 1.76 bits per heavy atom. The zero-order valence-corrected chi connectivity index (χ0v) is 18.4.